The maximum atomic E-state index is 12.7. The van der Waals surface area contributed by atoms with E-state index < -0.39 is 17.9 Å². The Kier molecular flexibility index (Phi) is 4.72. The minimum Gasteiger partial charge on any atom is -0.493 e. The number of aliphatic hydroxyl groups excluding tert-OH is 1. The van der Waals surface area contributed by atoms with Crippen molar-refractivity contribution in [2.24, 2.45) is 0 Å². The molecular formula is C11H13FO4. The van der Waals surface area contributed by atoms with Gasteiger partial charge in [0.2, 0.25) is 0 Å². The Morgan fingerprint density at radius 3 is 2.88 bits per heavy atom. The molecule has 2 N–H and O–H groups in total. The molecule has 0 aliphatic carbocycles. The first-order valence-electron chi connectivity index (χ1n) is 4.86. The van der Waals surface area contributed by atoms with Crippen molar-refractivity contribution in [3.8, 4) is 5.75 Å². The highest BCUT2D eigenvalue weighted by molar-refractivity contribution is 5.67. The van der Waals surface area contributed by atoms with Crippen molar-refractivity contribution in [1.82, 2.24) is 0 Å². The zero-order valence-corrected chi connectivity index (χ0v) is 8.60. The second kappa shape index (κ2) is 6.07. The summed E-state index contributed by atoms with van der Waals surface area (Å²) in [5.41, 5.74) is 0. The summed E-state index contributed by atoms with van der Waals surface area (Å²) in [4.78, 5) is 10.2. The van der Waals surface area contributed by atoms with Crippen LogP contribution in [0.25, 0.3) is 0 Å². The van der Waals surface area contributed by atoms with Crippen LogP contribution in [0.5, 0.6) is 5.75 Å². The lowest BCUT2D eigenvalue weighted by molar-refractivity contribution is -0.139. The monoisotopic (exact) mass is 228 g/mol. The topological polar surface area (TPSA) is 66.8 Å². The molecule has 1 rings (SSSR count). The van der Waals surface area contributed by atoms with Crippen LogP contribution in [0.15, 0.2) is 24.3 Å². The molecule has 0 aliphatic rings. The van der Waals surface area contributed by atoms with Gasteiger partial charge in [0.15, 0.2) is 0 Å². The van der Waals surface area contributed by atoms with E-state index in [1.54, 1.807) is 6.07 Å². The van der Waals surface area contributed by atoms with Gasteiger partial charge in [-0.15, -0.1) is 0 Å². The number of benzene rings is 1. The number of aliphatic hydroxyl groups is 1. The van der Waals surface area contributed by atoms with E-state index >= 15 is 0 Å². The Hall–Kier alpha value is -1.62. The van der Waals surface area contributed by atoms with Crippen molar-refractivity contribution in [3.63, 3.8) is 0 Å². The van der Waals surface area contributed by atoms with Crippen LogP contribution in [0, 0.1) is 5.82 Å². The smallest absolute Gasteiger partial charge is 0.305 e. The van der Waals surface area contributed by atoms with Gasteiger partial charge in [-0.05, 0) is 12.1 Å². The third-order valence-electron chi connectivity index (χ3n) is 1.93. The molecule has 1 aromatic carbocycles. The second-order valence-electron chi connectivity index (χ2n) is 3.35. The van der Waals surface area contributed by atoms with Crippen LogP contribution in [-0.4, -0.2) is 28.9 Å². The van der Waals surface area contributed by atoms with E-state index in [1.165, 1.54) is 18.2 Å². The van der Waals surface area contributed by atoms with Crippen LogP contribution < -0.4 is 4.74 Å². The number of hydrogen-bond donors (Lipinski definition) is 2. The average molecular weight is 228 g/mol. The minimum atomic E-state index is -1.06. The van der Waals surface area contributed by atoms with Gasteiger partial charge in [0.1, 0.15) is 11.6 Å². The molecule has 0 aliphatic heterocycles. The van der Waals surface area contributed by atoms with Crippen LogP contribution in [0.2, 0.25) is 0 Å². The van der Waals surface area contributed by atoms with E-state index in [-0.39, 0.29) is 19.4 Å². The van der Waals surface area contributed by atoms with Gasteiger partial charge in [0.05, 0.1) is 19.1 Å². The summed E-state index contributed by atoms with van der Waals surface area (Å²) in [6.07, 6.45) is -1.05. The first-order valence-corrected chi connectivity index (χ1v) is 4.86. The number of hydrogen-bond acceptors (Lipinski definition) is 3. The molecule has 0 radical (unpaired) electrons. The summed E-state index contributed by atoms with van der Waals surface area (Å²) < 4.78 is 17.9. The Balaban J connectivity index is 2.27. The zero-order valence-electron chi connectivity index (χ0n) is 8.60. The number of halogens is 1. The number of ether oxygens (including phenoxy) is 1. The first-order chi connectivity index (χ1) is 7.58. The van der Waals surface area contributed by atoms with Crippen LogP contribution in [-0.2, 0) is 4.79 Å². The molecule has 0 fully saturated rings. The fourth-order valence-electron chi connectivity index (χ4n) is 1.17. The Labute approximate surface area is 92.3 Å². The highest BCUT2D eigenvalue weighted by Gasteiger charge is 2.09. The van der Waals surface area contributed by atoms with Crippen molar-refractivity contribution < 1.29 is 24.1 Å². The lowest BCUT2D eigenvalue weighted by Crippen LogP contribution is -2.16. The molecule has 0 bridgehead atoms. The lowest BCUT2D eigenvalue weighted by Gasteiger charge is -2.09. The van der Waals surface area contributed by atoms with Gasteiger partial charge < -0.3 is 14.9 Å². The van der Waals surface area contributed by atoms with Gasteiger partial charge in [-0.3, -0.25) is 4.79 Å². The molecule has 1 unspecified atom stereocenters. The summed E-state index contributed by atoms with van der Waals surface area (Å²) in [6.45, 7) is 0.151. The largest absolute Gasteiger partial charge is 0.493 e. The van der Waals surface area contributed by atoms with E-state index in [4.69, 9.17) is 9.84 Å². The lowest BCUT2D eigenvalue weighted by atomic mass is 10.2. The number of aliphatic carboxylic acids is 1. The van der Waals surface area contributed by atoms with E-state index in [1.807, 2.05) is 0 Å². The summed E-state index contributed by atoms with van der Waals surface area (Å²) in [5, 5.41) is 17.6. The maximum Gasteiger partial charge on any atom is 0.305 e. The minimum absolute atomic E-state index is 0.151. The summed E-state index contributed by atoms with van der Waals surface area (Å²) in [7, 11) is 0. The third kappa shape index (κ3) is 4.75. The quantitative estimate of drug-likeness (QED) is 0.773. The molecule has 5 heteroatoms. The molecular weight excluding hydrogens is 215 g/mol. The highest BCUT2D eigenvalue weighted by Crippen LogP contribution is 2.12. The van der Waals surface area contributed by atoms with Crippen molar-refractivity contribution in [2.75, 3.05) is 6.61 Å². The Morgan fingerprint density at radius 2 is 2.25 bits per heavy atom. The predicted molar refractivity (Wildman–Crippen MR) is 54.8 cm³/mol. The number of rotatable bonds is 6. The summed E-state index contributed by atoms with van der Waals surface area (Å²) >= 11 is 0. The molecule has 0 saturated carbocycles. The third-order valence-corrected chi connectivity index (χ3v) is 1.93. The molecule has 0 spiro atoms. The molecule has 1 aromatic rings. The van der Waals surface area contributed by atoms with Crippen molar-refractivity contribution >= 4 is 5.97 Å². The maximum absolute atomic E-state index is 12.7. The average Bonchev–Trinajstić information content (AvgIpc) is 2.16. The molecule has 88 valence electrons. The summed E-state index contributed by atoms with van der Waals surface area (Å²) in [5.74, 6) is -1.09. The van der Waals surface area contributed by atoms with Crippen LogP contribution in [0.3, 0.4) is 0 Å². The van der Waals surface area contributed by atoms with Gasteiger partial charge >= 0.3 is 5.97 Å². The van der Waals surface area contributed by atoms with E-state index in [2.05, 4.69) is 0 Å². The van der Waals surface area contributed by atoms with Crippen LogP contribution >= 0.6 is 0 Å². The number of carbonyl (C=O) groups is 1. The van der Waals surface area contributed by atoms with Crippen molar-refractivity contribution in [1.29, 1.82) is 0 Å². The molecule has 4 nitrogen and oxygen atoms in total. The Bertz CT molecular complexity index is 354. The second-order valence-corrected chi connectivity index (χ2v) is 3.35. The molecule has 16 heavy (non-hydrogen) atoms. The molecule has 0 saturated heterocycles. The van der Waals surface area contributed by atoms with Gasteiger partial charge in [-0.1, -0.05) is 6.07 Å². The van der Waals surface area contributed by atoms with E-state index in [0.717, 1.165) is 0 Å². The van der Waals surface area contributed by atoms with Crippen molar-refractivity contribution in [2.45, 2.75) is 18.9 Å². The predicted octanol–water partition coefficient (Wildman–Crippen LogP) is 1.43. The van der Waals surface area contributed by atoms with Gasteiger partial charge in [0.25, 0.3) is 0 Å². The van der Waals surface area contributed by atoms with Crippen LogP contribution in [0.4, 0.5) is 4.39 Å². The van der Waals surface area contributed by atoms with E-state index in [9.17, 15) is 14.3 Å². The highest BCUT2D eigenvalue weighted by atomic mass is 19.1. The van der Waals surface area contributed by atoms with Gasteiger partial charge in [-0.25, -0.2) is 4.39 Å². The molecule has 0 amide bonds. The first kappa shape index (κ1) is 12.4. The molecule has 1 atom stereocenters. The fourth-order valence-corrected chi connectivity index (χ4v) is 1.17. The summed E-state index contributed by atoms with van der Waals surface area (Å²) in [6, 6.07) is 5.63. The standard InChI is InChI=1S/C11H13FO4/c12-8-2-1-3-10(6-8)16-5-4-9(13)7-11(14)15/h1-3,6,9,13H,4-5,7H2,(H,14,15). The molecule has 0 aromatic heterocycles. The molecule has 0 heterocycles. The SMILES string of the molecule is O=C(O)CC(O)CCOc1cccc(F)c1. The van der Waals surface area contributed by atoms with Crippen LogP contribution in [0.1, 0.15) is 12.8 Å². The normalized spacial score (nSPS) is 12.1. The van der Waals surface area contributed by atoms with E-state index in [0.29, 0.717) is 5.75 Å². The number of carboxylic acids is 1. The zero-order chi connectivity index (χ0) is 12.0. The van der Waals surface area contributed by atoms with Crippen molar-refractivity contribution in [3.05, 3.63) is 30.1 Å². The van der Waals surface area contributed by atoms with Gasteiger partial charge in [0, 0.05) is 12.5 Å². The Morgan fingerprint density at radius 1 is 1.50 bits per heavy atom. The van der Waals surface area contributed by atoms with Gasteiger partial charge in [-0.2, -0.15) is 0 Å². The fraction of sp³-hybridized carbons (Fsp3) is 0.364. The number of carboxylic acid groups (broad SMARTS) is 1.